The first-order valence-corrected chi connectivity index (χ1v) is 4.10. The molecule has 1 aromatic carbocycles. The van der Waals surface area contributed by atoms with Crippen LogP contribution in [-0.4, -0.2) is 18.1 Å². The van der Waals surface area contributed by atoms with E-state index < -0.39 is 6.10 Å². The van der Waals surface area contributed by atoms with Crippen LogP contribution in [0.25, 0.3) is 0 Å². The number of hydrogen-bond acceptors (Lipinski definition) is 3. The first kappa shape index (κ1) is 7.98. The minimum Gasteiger partial charge on any atom is -0.482 e. The molecule has 1 aliphatic rings. The van der Waals surface area contributed by atoms with Crippen LogP contribution in [0.15, 0.2) is 24.3 Å². The average molecular weight is 175 g/mol. The summed E-state index contributed by atoms with van der Waals surface area (Å²) in [6, 6.07) is 7.56. The second-order valence-corrected chi connectivity index (χ2v) is 2.97. The van der Waals surface area contributed by atoms with Gasteiger partial charge in [-0.3, -0.25) is 4.79 Å². The molecule has 1 N–H and O–H groups in total. The average Bonchev–Trinajstić information content (AvgIpc) is 2.59. The molecule has 0 fully saturated rings. The molecule has 3 heteroatoms. The number of para-hydroxylation sites is 1. The normalized spacial score (nSPS) is 18.9. The summed E-state index contributed by atoms with van der Waals surface area (Å²) in [7, 11) is 0. The van der Waals surface area contributed by atoms with Gasteiger partial charge in [0.1, 0.15) is 5.75 Å². The van der Waals surface area contributed by atoms with E-state index in [0.29, 0.717) is 6.42 Å². The Morgan fingerprint density at radius 1 is 1.54 bits per heavy atom. The molecule has 0 saturated heterocycles. The zero-order valence-corrected chi connectivity index (χ0v) is 6.99. The number of hydrogen-bond donors (Lipinski definition) is 1. The minimum atomic E-state index is -0.477. The molecule has 0 saturated carbocycles. The molecule has 66 valence electrons. The summed E-state index contributed by atoms with van der Waals surface area (Å²) in [6.07, 6.45) is 0.927. The summed E-state index contributed by atoms with van der Waals surface area (Å²) < 4.78 is 5.36. The van der Waals surface area contributed by atoms with E-state index in [9.17, 15) is 4.79 Å². The molecule has 13 heavy (non-hydrogen) atoms. The molecule has 1 atom stereocenters. The maximum absolute atomic E-state index is 11.1. The first-order valence-electron chi connectivity index (χ1n) is 4.10. The third kappa shape index (κ3) is 1.33. The molecule has 0 aromatic heterocycles. The Morgan fingerprint density at radius 3 is 3.00 bits per heavy atom. The predicted molar refractivity (Wildman–Crippen MR) is 48.4 cm³/mol. The lowest BCUT2D eigenvalue weighted by Crippen LogP contribution is -2.25. The van der Waals surface area contributed by atoms with Gasteiger partial charge in [0, 0.05) is 6.42 Å². The number of nitrogens with one attached hydrogen (secondary N) is 1. The number of carbonyl (C=O) groups excluding carboxylic acids is 1. The van der Waals surface area contributed by atoms with E-state index in [0.717, 1.165) is 17.5 Å². The van der Waals surface area contributed by atoms with Crippen LogP contribution < -0.4 is 4.74 Å². The zero-order chi connectivity index (χ0) is 9.26. The fourth-order valence-corrected chi connectivity index (χ4v) is 1.43. The van der Waals surface area contributed by atoms with Gasteiger partial charge in [-0.2, -0.15) is 0 Å². The largest absolute Gasteiger partial charge is 0.482 e. The SMILES string of the molecule is N=CC(=O)C1Cc2ccccc2O1. The lowest BCUT2D eigenvalue weighted by molar-refractivity contribution is -0.118. The Morgan fingerprint density at radius 2 is 2.31 bits per heavy atom. The molecule has 0 bridgehead atoms. The Balaban J connectivity index is 2.23. The fraction of sp³-hybridized carbons (Fsp3) is 0.200. The lowest BCUT2D eigenvalue weighted by atomic mass is 10.1. The van der Waals surface area contributed by atoms with Crippen LogP contribution in [0, 0.1) is 5.41 Å². The van der Waals surface area contributed by atoms with Gasteiger partial charge < -0.3 is 10.1 Å². The molecular formula is C10H9NO2. The van der Waals surface area contributed by atoms with Crippen molar-refractivity contribution in [2.45, 2.75) is 12.5 Å². The van der Waals surface area contributed by atoms with Crippen molar-refractivity contribution in [1.82, 2.24) is 0 Å². The molecular weight excluding hydrogens is 166 g/mol. The molecule has 0 amide bonds. The lowest BCUT2D eigenvalue weighted by Gasteiger charge is -2.04. The van der Waals surface area contributed by atoms with Gasteiger partial charge in [0.05, 0.1) is 6.21 Å². The number of rotatable bonds is 2. The van der Waals surface area contributed by atoms with Crippen LogP contribution in [0.1, 0.15) is 5.56 Å². The van der Waals surface area contributed by atoms with E-state index in [4.69, 9.17) is 10.1 Å². The molecule has 2 rings (SSSR count). The van der Waals surface area contributed by atoms with E-state index >= 15 is 0 Å². The topological polar surface area (TPSA) is 50.2 Å². The number of benzene rings is 1. The summed E-state index contributed by atoms with van der Waals surface area (Å²) >= 11 is 0. The van der Waals surface area contributed by atoms with Crippen molar-refractivity contribution >= 4 is 12.0 Å². The highest BCUT2D eigenvalue weighted by atomic mass is 16.5. The van der Waals surface area contributed by atoms with Crippen molar-refractivity contribution in [2.24, 2.45) is 0 Å². The second-order valence-electron chi connectivity index (χ2n) is 2.97. The van der Waals surface area contributed by atoms with Gasteiger partial charge in [-0.25, -0.2) is 0 Å². The predicted octanol–water partition coefficient (Wildman–Crippen LogP) is 1.21. The summed E-state index contributed by atoms with van der Waals surface area (Å²) in [5.74, 6) is 0.499. The number of ether oxygens (including phenoxy) is 1. The van der Waals surface area contributed by atoms with Gasteiger partial charge in [0.25, 0.3) is 0 Å². The van der Waals surface area contributed by atoms with Gasteiger partial charge in [-0.05, 0) is 11.6 Å². The Kier molecular flexibility index (Phi) is 1.85. The molecule has 1 unspecified atom stereocenters. The molecule has 0 spiro atoms. The first-order chi connectivity index (χ1) is 6.31. The summed E-state index contributed by atoms with van der Waals surface area (Å²) in [6.45, 7) is 0. The fourth-order valence-electron chi connectivity index (χ4n) is 1.43. The number of fused-ring (bicyclic) bond motifs is 1. The summed E-state index contributed by atoms with van der Waals surface area (Å²) in [5, 5.41) is 6.83. The molecule has 1 aliphatic heterocycles. The van der Waals surface area contributed by atoms with Crippen LogP contribution in [-0.2, 0) is 11.2 Å². The van der Waals surface area contributed by atoms with Crippen molar-refractivity contribution in [3.8, 4) is 5.75 Å². The van der Waals surface area contributed by atoms with Crippen LogP contribution in [0.4, 0.5) is 0 Å². The summed E-state index contributed by atoms with van der Waals surface area (Å²) in [5.41, 5.74) is 1.04. The van der Waals surface area contributed by atoms with Crippen molar-refractivity contribution in [3.05, 3.63) is 29.8 Å². The van der Waals surface area contributed by atoms with Crippen LogP contribution in [0.3, 0.4) is 0 Å². The van der Waals surface area contributed by atoms with Gasteiger partial charge in [-0.15, -0.1) is 0 Å². The maximum atomic E-state index is 11.1. The van der Waals surface area contributed by atoms with Gasteiger partial charge in [-0.1, -0.05) is 18.2 Å². The standard InChI is InChI=1S/C10H9NO2/c11-6-8(12)10-5-7-3-1-2-4-9(7)13-10/h1-4,6,10-11H,5H2. The van der Waals surface area contributed by atoms with E-state index in [2.05, 4.69) is 0 Å². The van der Waals surface area contributed by atoms with Crippen molar-refractivity contribution in [2.75, 3.05) is 0 Å². The van der Waals surface area contributed by atoms with E-state index in [1.165, 1.54) is 0 Å². The van der Waals surface area contributed by atoms with E-state index in [1.54, 1.807) is 0 Å². The van der Waals surface area contributed by atoms with Crippen molar-refractivity contribution in [1.29, 1.82) is 5.41 Å². The third-order valence-electron chi connectivity index (χ3n) is 2.11. The van der Waals surface area contributed by atoms with Crippen LogP contribution >= 0.6 is 0 Å². The van der Waals surface area contributed by atoms with Gasteiger partial charge >= 0.3 is 0 Å². The van der Waals surface area contributed by atoms with E-state index in [-0.39, 0.29) is 5.78 Å². The van der Waals surface area contributed by atoms with Crippen molar-refractivity contribution < 1.29 is 9.53 Å². The number of carbonyl (C=O) groups is 1. The highest BCUT2D eigenvalue weighted by Crippen LogP contribution is 2.27. The molecule has 3 nitrogen and oxygen atoms in total. The van der Waals surface area contributed by atoms with Gasteiger partial charge in [0.2, 0.25) is 5.78 Å². The summed E-state index contributed by atoms with van der Waals surface area (Å²) in [4.78, 5) is 11.1. The Bertz CT molecular complexity index is 335. The third-order valence-corrected chi connectivity index (χ3v) is 2.11. The smallest absolute Gasteiger partial charge is 0.213 e. The molecule has 0 radical (unpaired) electrons. The highest BCUT2D eigenvalue weighted by molar-refractivity contribution is 6.28. The second kappa shape index (κ2) is 3.01. The van der Waals surface area contributed by atoms with E-state index in [1.807, 2.05) is 24.3 Å². The quantitative estimate of drug-likeness (QED) is 0.687. The van der Waals surface area contributed by atoms with Crippen LogP contribution in [0.5, 0.6) is 5.75 Å². The molecule has 1 aromatic rings. The Labute approximate surface area is 75.8 Å². The molecule has 0 aliphatic carbocycles. The zero-order valence-electron chi connectivity index (χ0n) is 6.99. The van der Waals surface area contributed by atoms with Gasteiger partial charge in [0.15, 0.2) is 6.10 Å². The minimum absolute atomic E-state index is 0.267. The van der Waals surface area contributed by atoms with Crippen LogP contribution in [0.2, 0.25) is 0 Å². The van der Waals surface area contributed by atoms with Crippen molar-refractivity contribution in [3.63, 3.8) is 0 Å². The number of Topliss-reactive ketones (excluding diaryl/α,β-unsaturated/α-hetero) is 1. The highest BCUT2D eigenvalue weighted by Gasteiger charge is 2.26. The monoisotopic (exact) mass is 175 g/mol. The Hall–Kier alpha value is -1.64. The number of ketones is 1. The maximum Gasteiger partial charge on any atom is 0.213 e. The molecule has 1 heterocycles.